The summed E-state index contributed by atoms with van der Waals surface area (Å²) >= 11 is 2.41. The molecular weight excluding hydrogens is 518 g/mol. The predicted molar refractivity (Wildman–Crippen MR) is 154 cm³/mol. The number of esters is 1. The number of carbonyl (C=O) groups is 3. The number of para-hydroxylation sites is 1. The van der Waals surface area contributed by atoms with Crippen LogP contribution in [-0.2, 0) is 9.53 Å². The summed E-state index contributed by atoms with van der Waals surface area (Å²) in [5, 5.41) is 5.40. The van der Waals surface area contributed by atoms with E-state index >= 15 is 0 Å². The van der Waals surface area contributed by atoms with Crippen molar-refractivity contribution in [2.75, 3.05) is 23.0 Å². The van der Waals surface area contributed by atoms with Crippen LogP contribution in [0.25, 0.3) is 0 Å². The number of carbonyl (C=O) groups excluding carboxylic acids is 3. The second-order valence-electron chi connectivity index (χ2n) is 8.27. The van der Waals surface area contributed by atoms with Crippen molar-refractivity contribution in [1.82, 2.24) is 0 Å². The first-order valence-electron chi connectivity index (χ1n) is 11.9. The fourth-order valence-electron chi connectivity index (χ4n) is 3.74. The molecule has 0 radical (unpaired) electrons. The zero-order chi connectivity index (χ0) is 27.1. The number of ether oxygens (including phenoxy) is 1. The van der Waals surface area contributed by atoms with Gasteiger partial charge in [0.1, 0.15) is 10.3 Å². The smallest absolute Gasteiger partial charge is 0.341 e. The van der Waals surface area contributed by atoms with E-state index in [0.29, 0.717) is 21.8 Å². The Hall–Kier alpha value is -4.08. The maximum absolute atomic E-state index is 13.7. The molecule has 194 valence electrons. The van der Waals surface area contributed by atoms with Crippen molar-refractivity contribution < 1.29 is 19.1 Å². The van der Waals surface area contributed by atoms with Gasteiger partial charge < -0.3 is 21.1 Å². The molecular formula is C29H27N3O4S2. The van der Waals surface area contributed by atoms with Crippen molar-refractivity contribution in [2.45, 2.75) is 24.0 Å². The third-order valence-electron chi connectivity index (χ3n) is 5.58. The average Bonchev–Trinajstić information content (AvgIpc) is 3.25. The summed E-state index contributed by atoms with van der Waals surface area (Å²) in [6, 6.07) is 25.7. The van der Waals surface area contributed by atoms with Crippen molar-refractivity contribution in [3.05, 3.63) is 106 Å². The van der Waals surface area contributed by atoms with E-state index in [-0.39, 0.29) is 29.0 Å². The number of thiophene rings is 1. The lowest BCUT2D eigenvalue weighted by molar-refractivity contribution is -0.115. The predicted octanol–water partition coefficient (Wildman–Crippen LogP) is 6.54. The molecule has 1 aromatic heterocycles. The Balaban J connectivity index is 1.67. The minimum absolute atomic E-state index is 0.159. The fraction of sp³-hybridized carbons (Fsp3) is 0.138. The van der Waals surface area contributed by atoms with E-state index < -0.39 is 11.2 Å². The number of rotatable bonds is 9. The molecule has 1 unspecified atom stereocenters. The molecule has 4 N–H and O–H groups in total. The highest BCUT2D eigenvalue weighted by atomic mass is 32.2. The molecule has 0 aliphatic heterocycles. The maximum Gasteiger partial charge on any atom is 0.341 e. The van der Waals surface area contributed by atoms with Crippen molar-refractivity contribution >= 4 is 57.3 Å². The Morgan fingerprint density at radius 2 is 1.55 bits per heavy atom. The molecule has 0 bridgehead atoms. The van der Waals surface area contributed by atoms with Gasteiger partial charge in [0.2, 0.25) is 5.91 Å². The van der Waals surface area contributed by atoms with Crippen LogP contribution in [0.5, 0.6) is 0 Å². The molecule has 0 saturated heterocycles. The van der Waals surface area contributed by atoms with Crippen molar-refractivity contribution in [3.63, 3.8) is 0 Å². The summed E-state index contributed by atoms with van der Waals surface area (Å²) < 4.78 is 5.26. The zero-order valence-corrected chi connectivity index (χ0v) is 22.5. The fourth-order valence-corrected chi connectivity index (χ4v) is 5.85. The van der Waals surface area contributed by atoms with Crippen LogP contribution in [0, 0.1) is 6.92 Å². The van der Waals surface area contributed by atoms with E-state index in [2.05, 4.69) is 10.6 Å². The molecule has 7 nitrogen and oxygen atoms in total. The molecule has 2 amide bonds. The first-order valence-corrected chi connectivity index (χ1v) is 13.6. The van der Waals surface area contributed by atoms with Crippen LogP contribution in [0.3, 0.4) is 0 Å². The Morgan fingerprint density at radius 1 is 0.921 bits per heavy atom. The van der Waals surface area contributed by atoms with Gasteiger partial charge in [-0.1, -0.05) is 48.5 Å². The standard InChI is InChI=1S/C29H27N3O4S2/c1-3-36-29(35)23-18(2)24(26(33)31-21-12-8-5-9-13-21)38-28(23)32-27(34)25(19-10-6-4-7-11-19)37-22-16-14-20(30)15-17-22/h4-17,25H,3,30H2,1-2H3,(H,31,33)(H,32,34). The molecule has 0 aliphatic rings. The molecule has 0 saturated carbocycles. The van der Waals surface area contributed by atoms with Gasteiger partial charge in [0.15, 0.2) is 0 Å². The van der Waals surface area contributed by atoms with Crippen LogP contribution in [0.2, 0.25) is 0 Å². The second kappa shape index (κ2) is 12.4. The Morgan fingerprint density at radius 3 is 2.18 bits per heavy atom. The molecule has 9 heteroatoms. The monoisotopic (exact) mass is 545 g/mol. The number of anilines is 3. The Kier molecular flexibility index (Phi) is 8.83. The normalized spacial score (nSPS) is 11.4. The third kappa shape index (κ3) is 6.42. The molecule has 4 rings (SSSR count). The van der Waals surface area contributed by atoms with Gasteiger partial charge in [0.05, 0.1) is 17.0 Å². The van der Waals surface area contributed by atoms with Gasteiger partial charge in [-0.15, -0.1) is 23.1 Å². The van der Waals surface area contributed by atoms with Gasteiger partial charge in [-0.3, -0.25) is 9.59 Å². The van der Waals surface area contributed by atoms with E-state index in [4.69, 9.17) is 10.5 Å². The molecule has 1 heterocycles. The number of nitrogen functional groups attached to an aromatic ring is 1. The molecule has 1 atom stereocenters. The topological polar surface area (TPSA) is 111 Å². The van der Waals surface area contributed by atoms with Crippen molar-refractivity contribution in [2.24, 2.45) is 0 Å². The lowest BCUT2D eigenvalue weighted by Crippen LogP contribution is -2.20. The molecule has 38 heavy (non-hydrogen) atoms. The maximum atomic E-state index is 13.7. The number of hydrogen-bond acceptors (Lipinski definition) is 7. The number of benzene rings is 3. The summed E-state index contributed by atoms with van der Waals surface area (Å²) in [5.74, 6) is -1.31. The largest absolute Gasteiger partial charge is 0.462 e. The molecule has 0 spiro atoms. The quantitative estimate of drug-likeness (QED) is 0.125. The van der Waals surface area contributed by atoms with Crippen molar-refractivity contribution in [3.8, 4) is 0 Å². The van der Waals surface area contributed by atoms with E-state index in [1.807, 2.05) is 60.7 Å². The number of nitrogens with two attached hydrogens (primary N) is 1. The number of hydrogen-bond donors (Lipinski definition) is 3. The van der Waals surface area contributed by atoms with Crippen LogP contribution in [0.15, 0.2) is 89.8 Å². The van der Waals surface area contributed by atoms with E-state index in [9.17, 15) is 14.4 Å². The van der Waals surface area contributed by atoms with Crippen LogP contribution in [0.1, 0.15) is 43.3 Å². The minimum Gasteiger partial charge on any atom is -0.462 e. The summed E-state index contributed by atoms with van der Waals surface area (Å²) in [7, 11) is 0. The second-order valence-corrected chi connectivity index (χ2v) is 10.5. The zero-order valence-electron chi connectivity index (χ0n) is 20.9. The van der Waals surface area contributed by atoms with E-state index in [1.54, 1.807) is 38.1 Å². The van der Waals surface area contributed by atoms with Gasteiger partial charge in [0.25, 0.3) is 5.91 Å². The highest BCUT2D eigenvalue weighted by Crippen LogP contribution is 2.39. The van der Waals surface area contributed by atoms with Crippen LogP contribution >= 0.6 is 23.1 Å². The van der Waals surface area contributed by atoms with Crippen molar-refractivity contribution in [1.29, 1.82) is 0 Å². The first kappa shape index (κ1) is 27.0. The van der Waals surface area contributed by atoms with Gasteiger partial charge in [-0.25, -0.2) is 4.79 Å². The number of thioether (sulfide) groups is 1. The van der Waals surface area contributed by atoms with Gasteiger partial charge in [0, 0.05) is 16.3 Å². The Bertz CT molecular complexity index is 1420. The van der Waals surface area contributed by atoms with Crippen LogP contribution < -0.4 is 16.4 Å². The molecule has 3 aromatic carbocycles. The van der Waals surface area contributed by atoms with Crippen LogP contribution in [0.4, 0.5) is 16.4 Å². The SMILES string of the molecule is CCOC(=O)c1c(NC(=O)C(Sc2ccc(N)cc2)c2ccccc2)sc(C(=O)Nc2ccccc2)c1C. The van der Waals surface area contributed by atoms with Gasteiger partial charge in [-0.05, 0) is 61.4 Å². The molecule has 0 aliphatic carbocycles. The summed E-state index contributed by atoms with van der Waals surface area (Å²) in [5.41, 5.74) is 8.49. The Labute approximate surface area is 229 Å². The van der Waals surface area contributed by atoms with E-state index in [1.165, 1.54) is 11.8 Å². The highest BCUT2D eigenvalue weighted by Gasteiger charge is 2.29. The molecule has 4 aromatic rings. The number of amides is 2. The summed E-state index contributed by atoms with van der Waals surface area (Å²) in [6.45, 7) is 3.54. The summed E-state index contributed by atoms with van der Waals surface area (Å²) in [6.07, 6.45) is 0. The highest BCUT2D eigenvalue weighted by molar-refractivity contribution is 8.00. The van der Waals surface area contributed by atoms with E-state index in [0.717, 1.165) is 21.8 Å². The lowest BCUT2D eigenvalue weighted by atomic mass is 10.1. The van der Waals surface area contributed by atoms with Crippen LogP contribution in [-0.4, -0.2) is 24.4 Å². The third-order valence-corrected chi connectivity index (χ3v) is 8.05. The average molecular weight is 546 g/mol. The lowest BCUT2D eigenvalue weighted by Gasteiger charge is -2.17. The first-order chi connectivity index (χ1) is 18.4. The minimum atomic E-state index is -0.626. The van der Waals surface area contributed by atoms with Gasteiger partial charge in [-0.2, -0.15) is 0 Å². The molecule has 0 fully saturated rings. The summed E-state index contributed by atoms with van der Waals surface area (Å²) in [4.78, 5) is 40.9. The van der Waals surface area contributed by atoms with Gasteiger partial charge >= 0.3 is 5.97 Å². The number of nitrogens with one attached hydrogen (secondary N) is 2.